The van der Waals surface area contributed by atoms with Gasteiger partial charge in [-0.05, 0) is 79.9 Å². The second kappa shape index (κ2) is 14.9. The van der Waals surface area contributed by atoms with Crippen LogP contribution in [0.3, 0.4) is 0 Å². The van der Waals surface area contributed by atoms with E-state index < -0.39 is 28.5 Å². The van der Waals surface area contributed by atoms with E-state index in [9.17, 15) is 18.0 Å². The van der Waals surface area contributed by atoms with Crippen molar-refractivity contribution in [2.24, 2.45) is 0 Å². The lowest BCUT2D eigenvalue weighted by molar-refractivity contribution is -0.140. The molecule has 0 radical (unpaired) electrons. The van der Waals surface area contributed by atoms with Gasteiger partial charge >= 0.3 is 0 Å². The minimum Gasteiger partial charge on any atom is -0.355 e. The Labute approximate surface area is 273 Å². The monoisotopic (exact) mass is 695 g/mol. The smallest absolute Gasteiger partial charge is 0.264 e. The molecule has 0 aliphatic rings. The second-order valence-electron chi connectivity index (χ2n) is 10.5. The van der Waals surface area contributed by atoms with Crippen LogP contribution in [0.1, 0.15) is 29.2 Å². The fraction of sp³-hybridized carbons (Fsp3) is 0.235. The lowest BCUT2D eigenvalue weighted by Gasteiger charge is -2.34. The summed E-state index contributed by atoms with van der Waals surface area (Å²) in [5, 5.41) is 3.32. The molecular weight excluding hydrogens is 662 g/mol. The molecule has 0 spiro atoms. The van der Waals surface area contributed by atoms with E-state index in [1.165, 1.54) is 17.0 Å². The van der Waals surface area contributed by atoms with E-state index in [0.717, 1.165) is 25.5 Å². The zero-order valence-electron chi connectivity index (χ0n) is 24.8. The van der Waals surface area contributed by atoms with Crippen molar-refractivity contribution < 1.29 is 18.0 Å². The number of amides is 2. The number of benzene rings is 4. The first-order chi connectivity index (χ1) is 21.0. The molecule has 4 aromatic rings. The largest absolute Gasteiger partial charge is 0.355 e. The topological polar surface area (TPSA) is 86.8 Å². The molecule has 1 N–H and O–H groups in total. The summed E-state index contributed by atoms with van der Waals surface area (Å²) in [4.78, 5) is 29.6. The Balaban J connectivity index is 1.81. The van der Waals surface area contributed by atoms with Crippen LogP contribution in [0.2, 0.25) is 5.02 Å². The Morgan fingerprint density at radius 2 is 1.55 bits per heavy atom. The molecule has 0 heterocycles. The van der Waals surface area contributed by atoms with Crippen molar-refractivity contribution in [1.82, 2.24) is 10.2 Å². The molecule has 7 nitrogen and oxygen atoms in total. The molecule has 0 aliphatic heterocycles. The van der Waals surface area contributed by atoms with E-state index >= 15 is 0 Å². The van der Waals surface area contributed by atoms with Crippen LogP contribution in [0.5, 0.6) is 0 Å². The van der Waals surface area contributed by atoms with Crippen LogP contribution in [0, 0.1) is 13.8 Å². The Hall–Kier alpha value is -3.66. The minimum atomic E-state index is -4.19. The van der Waals surface area contributed by atoms with Crippen LogP contribution in [0.4, 0.5) is 5.69 Å². The number of anilines is 1. The second-order valence-corrected chi connectivity index (χ2v) is 13.7. The van der Waals surface area contributed by atoms with Crippen molar-refractivity contribution >= 4 is 55.1 Å². The van der Waals surface area contributed by atoms with Crippen LogP contribution < -0.4 is 9.62 Å². The molecule has 0 aliphatic carbocycles. The van der Waals surface area contributed by atoms with Crippen molar-refractivity contribution in [2.75, 3.05) is 17.4 Å². The van der Waals surface area contributed by atoms with Crippen LogP contribution >= 0.6 is 27.5 Å². The number of sulfonamides is 1. The summed E-state index contributed by atoms with van der Waals surface area (Å²) >= 11 is 9.67. The number of hydrogen-bond donors (Lipinski definition) is 1. The normalized spacial score (nSPS) is 11.9. The van der Waals surface area contributed by atoms with Gasteiger partial charge in [-0.2, -0.15) is 0 Å². The Kier molecular flexibility index (Phi) is 11.2. The van der Waals surface area contributed by atoms with Gasteiger partial charge in [-0.3, -0.25) is 13.9 Å². The number of nitrogens with zero attached hydrogens (tertiary/aromatic N) is 2. The minimum absolute atomic E-state index is 0.0503. The van der Waals surface area contributed by atoms with Gasteiger partial charge in [-0.25, -0.2) is 8.42 Å². The first kappa shape index (κ1) is 33.2. The zero-order chi connectivity index (χ0) is 31.9. The highest BCUT2D eigenvalue weighted by molar-refractivity contribution is 9.10. The molecular formula is C34H35BrClN3O4S. The van der Waals surface area contributed by atoms with Crippen LogP contribution in [0.25, 0.3) is 0 Å². The third-order valence-electron chi connectivity index (χ3n) is 7.20. The maximum atomic E-state index is 14.5. The summed E-state index contributed by atoms with van der Waals surface area (Å²) < 4.78 is 30.3. The molecule has 44 heavy (non-hydrogen) atoms. The van der Waals surface area contributed by atoms with Gasteiger partial charge in [0, 0.05) is 29.0 Å². The first-order valence-electron chi connectivity index (χ1n) is 14.2. The molecule has 10 heteroatoms. The van der Waals surface area contributed by atoms with Crippen molar-refractivity contribution in [3.8, 4) is 0 Å². The predicted octanol–water partition coefficient (Wildman–Crippen LogP) is 6.69. The van der Waals surface area contributed by atoms with E-state index in [0.29, 0.717) is 22.8 Å². The van der Waals surface area contributed by atoms with Crippen molar-refractivity contribution in [2.45, 2.75) is 44.7 Å². The molecule has 0 unspecified atom stereocenters. The molecule has 4 aromatic carbocycles. The highest BCUT2D eigenvalue weighted by Gasteiger charge is 2.35. The lowest BCUT2D eigenvalue weighted by atomic mass is 10.0. The van der Waals surface area contributed by atoms with Gasteiger partial charge in [-0.15, -0.1) is 0 Å². The van der Waals surface area contributed by atoms with Gasteiger partial charge in [0.05, 0.1) is 10.6 Å². The van der Waals surface area contributed by atoms with Gasteiger partial charge in [0.2, 0.25) is 11.8 Å². The third kappa shape index (κ3) is 8.28. The maximum Gasteiger partial charge on any atom is 0.264 e. The molecule has 0 aromatic heterocycles. The van der Waals surface area contributed by atoms with Gasteiger partial charge in [0.15, 0.2) is 0 Å². The summed E-state index contributed by atoms with van der Waals surface area (Å²) in [6.45, 7) is 5.38. The van der Waals surface area contributed by atoms with Gasteiger partial charge in [0.1, 0.15) is 12.6 Å². The Morgan fingerprint density at radius 1 is 0.886 bits per heavy atom. The van der Waals surface area contributed by atoms with Gasteiger partial charge < -0.3 is 10.2 Å². The highest BCUT2D eigenvalue weighted by Crippen LogP contribution is 2.30. The summed E-state index contributed by atoms with van der Waals surface area (Å²) in [5.41, 5.74) is 3.48. The van der Waals surface area contributed by atoms with Gasteiger partial charge in [-0.1, -0.05) is 87.7 Å². The predicted molar refractivity (Wildman–Crippen MR) is 179 cm³/mol. The standard InChI is InChI=1S/C34H35BrClN3O4S/c1-4-37-34(41)32(21-26-8-6-5-7-9-26)38(22-27-12-14-28(35)15-13-27)33(40)23-39(31-19-16-29(36)20-25(31)3)44(42,43)30-17-10-24(2)11-18-30/h5-20,32H,4,21-23H2,1-3H3,(H,37,41)/t32-/m0/s1. The molecule has 2 amide bonds. The molecule has 0 fully saturated rings. The highest BCUT2D eigenvalue weighted by atomic mass is 79.9. The molecule has 1 atom stereocenters. The van der Waals surface area contributed by atoms with Crippen LogP contribution in [-0.2, 0) is 32.6 Å². The van der Waals surface area contributed by atoms with E-state index in [1.54, 1.807) is 37.3 Å². The number of halogens is 2. The Morgan fingerprint density at radius 3 is 2.16 bits per heavy atom. The lowest BCUT2D eigenvalue weighted by Crippen LogP contribution is -2.53. The SMILES string of the molecule is CCNC(=O)[C@H](Cc1ccccc1)N(Cc1ccc(Br)cc1)C(=O)CN(c1ccc(Cl)cc1C)S(=O)(=O)c1ccc(C)cc1. The number of rotatable bonds is 12. The number of nitrogens with one attached hydrogen (secondary N) is 1. The third-order valence-corrected chi connectivity index (χ3v) is 9.74. The van der Waals surface area contributed by atoms with Crippen molar-refractivity contribution in [1.29, 1.82) is 0 Å². The molecule has 0 saturated heterocycles. The van der Waals surface area contributed by atoms with Crippen molar-refractivity contribution in [3.05, 3.63) is 129 Å². The molecule has 0 bridgehead atoms. The molecule has 4 rings (SSSR count). The van der Waals surface area contributed by atoms with Crippen LogP contribution in [-0.4, -0.2) is 44.3 Å². The quantitative estimate of drug-likeness (QED) is 0.179. The summed E-state index contributed by atoms with van der Waals surface area (Å²) in [6, 6.07) is 27.3. The van der Waals surface area contributed by atoms with Gasteiger partial charge in [0.25, 0.3) is 10.0 Å². The van der Waals surface area contributed by atoms with Crippen LogP contribution in [0.15, 0.2) is 106 Å². The average Bonchev–Trinajstić information content (AvgIpc) is 2.99. The number of carbonyl (C=O) groups is 2. The van der Waals surface area contributed by atoms with E-state index in [-0.39, 0.29) is 23.8 Å². The summed E-state index contributed by atoms with van der Waals surface area (Å²) in [5.74, 6) is -0.845. The number of likely N-dealkylation sites (N-methyl/N-ethyl adjacent to an activating group) is 1. The van der Waals surface area contributed by atoms with E-state index in [2.05, 4.69) is 21.2 Å². The Bertz CT molecular complexity index is 1700. The number of aryl methyl sites for hydroxylation is 2. The van der Waals surface area contributed by atoms with E-state index in [1.807, 2.05) is 68.4 Å². The zero-order valence-corrected chi connectivity index (χ0v) is 28.0. The summed E-state index contributed by atoms with van der Waals surface area (Å²) in [7, 11) is -4.19. The first-order valence-corrected chi connectivity index (χ1v) is 16.8. The number of carbonyl (C=O) groups excluding carboxylic acids is 2. The molecule has 0 saturated carbocycles. The maximum absolute atomic E-state index is 14.5. The number of hydrogen-bond acceptors (Lipinski definition) is 4. The van der Waals surface area contributed by atoms with E-state index in [4.69, 9.17) is 11.6 Å². The summed E-state index contributed by atoms with van der Waals surface area (Å²) in [6.07, 6.45) is 0.250. The molecule has 230 valence electrons. The average molecular weight is 697 g/mol. The van der Waals surface area contributed by atoms with Crippen molar-refractivity contribution in [3.63, 3.8) is 0 Å². The fourth-order valence-corrected chi connectivity index (χ4v) is 6.85. The fourth-order valence-electron chi connectivity index (χ4n) is 4.88.